The van der Waals surface area contributed by atoms with E-state index in [0.29, 0.717) is 31.1 Å². The number of nitrogens with zero attached hydrogens (tertiary/aromatic N) is 2. The van der Waals surface area contributed by atoms with Crippen molar-refractivity contribution in [2.45, 2.75) is 25.7 Å². The van der Waals surface area contributed by atoms with Crippen LogP contribution < -0.4 is 4.90 Å². The Labute approximate surface area is 155 Å². The van der Waals surface area contributed by atoms with Crippen molar-refractivity contribution in [3.8, 4) is 0 Å². The van der Waals surface area contributed by atoms with Crippen molar-refractivity contribution in [1.29, 1.82) is 0 Å². The van der Waals surface area contributed by atoms with Gasteiger partial charge in [0.25, 0.3) is 0 Å². The Morgan fingerprint density at radius 3 is 2.12 bits per heavy atom. The fraction of sp³-hybridized carbons (Fsp3) is 0.368. The fourth-order valence-corrected chi connectivity index (χ4v) is 4.90. The zero-order valence-electron chi connectivity index (χ0n) is 14.8. The molecule has 1 aliphatic rings. The predicted molar refractivity (Wildman–Crippen MR) is 103 cm³/mol. The molecule has 25 heavy (non-hydrogen) atoms. The summed E-state index contributed by atoms with van der Waals surface area (Å²) in [5.41, 5.74) is 4.32. The van der Waals surface area contributed by atoms with Gasteiger partial charge in [-0.3, -0.25) is 0 Å². The highest BCUT2D eigenvalue weighted by molar-refractivity contribution is 7.89. The molecule has 0 aromatic heterocycles. The smallest absolute Gasteiger partial charge is 0.243 e. The Morgan fingerprint density at radius 2 is 1.52 bits per heavy atom. The summed E-state index contributed by atoms with van der Waals surface area (Å²) in [6, 6.07) is 11.2. The van der Waals surface area contributed by atoms with Crippen LogP contribution in [0.25, 0.3) is 0 Å². The van der Waals surface area contributed by atoms with Gasteiger partial charge in [0.1, 0.15) is 0 Å². The second kappa shape index (κ2) is 6.98. The summed E-state index contributed by atoms with van der Waals surface area (Å²) >= 11 is 6.02. The molecule has 1 fully saturated rings. The van der Waals surface area contributed by atoms with Crippen LogP contribution in [0.15, 0.2) is 41.3 Å². The van der Waals surface area contributed by atoms with E-state index in [1.165, 1.54) is 0 Å². The molecule has 0 N–H and O–H groups in total. The van der Waals surface area contributed by atoms with Gasteiger partial charge in [0.2, 0.25) is 10.0 Å². The van der Waals surface area contributed by atoms with E-state index < -0.39 is 10.0 Å². The SMILES string of the molecule is Cc1ccc(S(=O)(=O)N2CCN(c3ccc(Cl)cc3C)CC2)cc1C. The van der Waals surface area contributed by atoms with Gasteiger partial charge < -0.3 is 4.90 Å². The molecule has 2 aromatic rings. The van der Waals surface area contributed by atoms with Crippen molar-refractivity contribution in [2.24, 2.45) is 0 Å². The average Bonchev–Trinajstić information content (AvgIpc) is 2.57. The Balaban J connectivity index is 1.76. The first kappa shape index (κ1) is 18.2. The predicted octanol–water partition coefficient (Wildman–Crippen LogP) is 3.78. The lowest BCUT2D eigenvalue weighted by Gasteiger charge is -2.36. The molecule has 0 atom stereocenters. The van der Waals surface area contributed by atoms with Crippen LogP contribution in [0.5, 0.6) is 0 Å². The topological polar surface area (TPSA) is 40.6 Å². The van der Waals surface area contributed by atoms with Gasteiger partial charge in [-0.1, -0.05) is 17.7 Å². The van der Waals surface area contributed by atoms with Gasteiger partial charge in [0.05, 0.1) is 4.90 Å². The Kier molecular flexibility index (Phi) is 5.09. The van der Waals surface area contributed by atoms with Crippen LogP contribution in [0, 0.1) is 20.8 Å². The molecule has 0 spiro atoms. The second-order valence-corrected chi connectivity index (χ2v) is 8.94. The molecule has 0 aliphatic carbocycles. The molecule has 0 saturated carbocycles. The highest BCUT2D eigenvalue weighted by atomic mass is 35.5. The van der Waals surface area contributed by atoms with Crippen LogP contribution in [-0.4, -0.2) is 38.9 Å². The Bertz CT molecular complexity index is 888. The largest absolute Gasteiger partial charge is 0.369 e. The van der Waals surface area contributed by atoms with Crippen molar-refractivity contribution in [2.75, 3.05) is 31.1 Å². The van der Waals surface area contributed by atoms with E-state index in [2.05, 4.69) is 4.90 Å². The number of sulfonamides is 1. The van der Waals surface area contributed by atoms with Gasteiger partial charge in [-0.25, -0.2) is 8.42 Å². The Morgan fingerprint density at radius 1 is 0.840 bits per heavy atom. The van der Waals surface area contributed by atoms with Gasteiger partial charge in [0, 0.05) is 36.9 Å². The van der Waals surface area contributed by atoms with Crippen LogP contribution in [0.4, 0.5) is 5.69 Å². The Hall–Kier alpha value is -1.56. The number of piperazine rings is 1. The zero-order valence-corrected chi connectivity index (χ0v) is 16.4. The van der Waals surface area contributed by atoms with Crippen molar-refractivity contribution < 1.29 is 8.42 Å². The molecular formula is C19H23ClN2O2S. The van der Waals surface area contributed by atoms with Crippen LogP contribution in [0.2, 0.25) is 5.02 Å². The van der Waals surface area contributed by atoms with Gasteiger partial charge in [-0.15, -0.1) is 0 Å². The van der Waals surface area contributed by atoms with Crippen LogP contribution in [0.3, 0.4) is 0 Å². The second-order valence-electron chi connectivity index (χ2n) is 6.57. The van der Waals surface area contributed by atoms with Gasteiger partial charge >= 0.3 is 0 Å². The van der Waals surface area contributed by atoms with Crippen LogP contribution >= 0.6 is 11.6 Å². The summed E-state index contributed by atoms with van der Waals surface area (Å²) in [5.74, 6) is 0. The summed E-state index contributed by atoms with van der Waals surface area (Å²) in [7, 11) is -3.44. The van der Waals surface area contributed by atoms with Crippen molar-refractivity contribution in [3.05, 3.63) is 58.1 Å². The first-order valence-corrected chi connectivity index (χ1v) is 10.2. The highest BCUT2D eigenvalue weighted by Gasteiger charge is 2.29. The van der Waals surface area contributed by atoms with Crippen molar-refractivity contribution in [3.63, 3.8) is 0 Å². The lowest BCUT2D eigenvalue weighted by Crippen LogP contribution is -2.48. The maximum absolute atomic E-state index is 12.9. The number of halogens is 1. The molecule has 0 unspecified atom stereocenters. The van der Waals surface area contributed by atoms with E-state index >= 15 is 0 Å². The quantitative estimate of drug-likeness (QED) is 0.816. The minimum atomic E-state index is -3.44. The maximum atomic E-state index is 12.9. The number of benzene rings is 2. The molecule has 1 heterocycles. The molecule has 0 bridgehead atoms. The summed E-state index contributed by atoms with van der Waals surface area (Å²) < 4.78 is 27.4. The number of hydrogen-bond donors (Lipinski definition) is 0. The van der Waals surface area contributed by atoms with Crippen molar-refractivity contribution >= 4 is 27.3 Å². The number of rotatable bonds is 3. The van der Waals surface area contributed by atoms with Gasteiger partial charge in [0.15, 0.2) is 0 Å². The van der Waals surface area contributed by atoms with E-state index in [0.717, 1.165) is 27.4 Å². The molecular weight excluding hydrogens is 356 g/mol. The van der Waals surface area contributed by atoms with Crippen molar-refractivity contribution in [1.82, 2.24) is 4.31 Å². The van der Waals surface area contributed by atoms with Gasteiger partial charge in [-0.2, -0.15) is 4.31 Å². The maximum Gasteiger partial charge on any atom is 0.243 e. The third-order valence-corrected chi connectivity index (χ3v) is 6.98. The first-order chi connectivity index (χ1) is 11.8. The highest BCUT2D eigenvalue weighted by Crippen LogP contribution is 2.26. The molecule has 1 aliphatic heterocycles. The molecule has 2 aromatic carbocycles. The summed E-state index contributed by atoms with van der Waals surface area (Å²) in [5, 5.41) is 0.720. The summed E-state index contributed by atoms with van der Waals surface area (Å²) in [6.45, 7) is 8.27. The molecule has 0 radical (unpaired) electrons. The third kappa shape index (κ3) is 3.68. The van der Waals surface area contributed by atoms with E-state index in [1.54, 1.807) is 16.4 Å². The van der Waals surface area contributed by atoms with E-state index in [9.17, 15) is 8.42 Å². The number of hydrogen-bond acceptors (Lipinski definition) is 3. The third-order valence-electron chi connectivity index (χ3n) is 4.85. The summed E-state index contributed by atoms with van der Waals surface area (Å²) in [6.07, 6.45) is 0. The molecule has 3 rings (SSSR count). The first-order valence-electron chi connectivity index (χ1n) is 8.37. The molecule has 4 nitrogen and oxygen atoms in total. The van der Waals surface area contributed by atoms with Gasteiger partial charge in [-0.05, 0) is 67.8 Å². The molecule has 1 saturated heterocycles. The van der Waals surface area contributed by atoms with Crippen LogP contribution in [0.1, 0.15) is 16.7 Å². The monoisotopic (exact) mass is 378 g/mol. The molecule has 6 heteroatoms. The normalized spacial score (nSPS) is 16.2. The fourth-order valence-electron chi connectivity index (χ4n) is 3.17. The average molecular weight is 379 g/mol. The molecule has 0 amide bonds. The number of anilines is 1. The van der Waals surface area contributed by atoms with E-state index in [1.807, 2.05) is 45.0 Å². The summed E-state index contributed by atoms with van der Waals surface area (Å²) in [4.78, 5) is 2.60. The van der Waals surface area contributed by atoms with E-state index in [-0.39, 0.29) is 0 Å². The standard InChI is InChI=1S/C19H23ClN2O2S/c1-14-4-6-18(13-15(14)2)25(23,24)22-10-8-21(9-11-22)19-7-5-17(20)12-16(19)3/h4-7,12-13H,8-11H2,1-3H3. The number of aryl methyl sites for hydroxylation is 3. The minimum Gasteiger partial charge on any atom is -0.369 e. The molecule has 134 valence electrons. The van der Waals surface area contributed by atoms with E-state index in [4.69, 9.17) is 11.6 Å². The minimum absolute atomic E-state index is 0.381. The zero-order chi connectivity index (χ0) is 18.2. The lowest BCUT2D eigenvalue weighted by atomic mass is 10.1. The van der Waals surface area contributed by atoms with Crippen LogP contribution in [-0.2, 0) is 10.0 Å². The lowest BCUT2D eigenvalue weighted by molar-refractivity contribution is 0.384.